The Morgan fingerprint density at radius 1 is 1.15 bits per heavy atom. The number of sulfonamides is 1. The molecule has 0 radical (unpaired) electrons. The second kappa shape index (κ2) is 9.69. The van der Waals surface area contributed by atoms with Crippen molar-refractivity contribution < 1.29 is 17.7 Å². The molecule has 2 N–H and O–H groups in total. The van der Waals surface area contributed by atoms with Crippen molar-refractivity contribution >= 4 is 50.1 Å². The predicted octanol–water partition coefficient (Wildman–Crippen LogP) is 3.15. The van der Waals surface area contributed by atoms with Gasteiger partial charge in [0.05, 0.1) is 15.8 Å². The lowest BCUT2D eigenvalue weighted by molar-refractivity contribution is -0.115. The Morgan fingerprint density at radius 2 is 1.88 bits per heavy atom. The molecule has 0 aliphatic carbocycles. The molecule has 0 unspecified atom stereocenters. The Labute approximate surface area is 199 Å². The minimum Gasteiger partial charge on any atom is -0.360 e. The molecule has 2 heterocycles. The standard InChI is InChI=1S/C22H21N5O5S2/c1-14-13-19(25-32-14)26-34(30,31)16-9-7-15(8-10-16)23-20(28)11-12-33-22-24-18-6-4-3-5-17(18)21(29)27(22)2/h3-10,13H,11-12H2,1-2H3,(H,23,28)(H,25,26). The summed E-state index contributed by atoms with van der Waals surface area (Å²) in [7, 11) is -2.19. The van der Waals surface area contributed by atoms with Crippen LogP contribution in [0.2, 0.25) is 0 Å². The van der Waals surface area contributed by atoms with E-state index < -0.39 is 10.0 Å². The summed E-state index contributed by atoms with van der Waals surface area (Å²) in [6.45, 7) is 1.65. The molecule has 4 rings (SSSR count). The van der Waals surface area contributed by atoms with Crippen LogP contribution in [0, 0.1) is 6.92 Å². The number of hydrogen-bond acceptors (Lipinski definition) is 8. The summed E-state index contributed by atoms with van der Waals surface area (Å²) in [4.78, 5) is 29.3. The summed E-state index contributed by atoms with van der Waals surface area (Å²) in [6, 6.07) is 14.4. The van der Waals surface area contributed by atoms with Gasteiger partial charge in [0.25, 0.3) is 15.6 Å². The molecule has 2 aromatic heterocycles. The Bertz CT molecular complexity index is 1510. The average molecular weight is 500 g/mol. The number of fused-ring (bicyclic) bond motifs is 1. The minimum atomic E-state index is -3.84. The molecule has 0 aliphatic heterocycles. The van der Waals surface area contributed by atoms with Crippen LogP contribution in [0.3, 0.4) is 0 Å². The molecule has 0 saturated carbocycles. The number of carbonyl (C=O) groups excluding carboxylic acids is 1. The van der Waals surface area contributed by atoms with Crippen molar-refractivity contribution in [3.63, 3.8) is 0 Å². The van der Waals surface area contributed by atoms with Crippen molar-refractivity contribution in [2.24, 2.45) is 7.05 Å². The molecule has 0 saturated heterocycles. The van der Waals surface area contributed by atoms with Crippen LogP contribution in [0.4, 0.5) is 11.5 Å². The second-order valence-corrected chi connectivity index (χ2v) is 10.1. The van der Waals surface area contributed by atoms with Crippen LogP contribution in [0.15, 0.2) is 74.0 Å². The van der Waals surface area contributed by atoms with Crippen LogP contribution >= 0.6 is 11.8 Å². The van der Waals surface area contributed by atoms with E-state index in [9.17, 15) is 18.0 Å². The number of carbonyl (C=O) groups is 1. The highest BCUT2D eigenvalue weighted by Crippen LogP contribution is 2.20. The molecule has 0 fully saturated rings. The molecule has 0 spiro atoms. The third kappa shape index (κ3) is 5.29. The number of aromatic nitrogens is 3. The smallest absolute Gasteiger partial charge is 0.263 e. The molecule has 10 nitrogen and oxygen atoms in total. The van der Waals surface area contributed by atoms with Gasteiger partial charge in [-0.15, -0.1) is 0 Å². The van der Waals surface area contributed by atoms with Gasteiger partial charge in [0.2, 0.25) is 5.91 Å². The van der Waals surface area contributed by atoms with E-state index >= 15 is 0 Å². The van der Waals surface area contributed by atoms with E-state index in [0.717, 1.165) is 0 Å². The summed E-state index contributed by atoms with van der Waals surface area (Å²) in [6.07, 6.45) is 0.181. The number of aryl methyl sites for hydroxylation is 1. The van der Waals surface area contributed by atoms with E-state index in [0.29, 0.717) is 33.3 Å². The van der Waals surface area contributed by atoms with E-state index in [4.69, 9.17) is 4.52 Å². The fourth-order valence-corrected chi connectivity index (χ4v) is 5.01. The van der Waals surface area contributed by atoms with Crippen LogP contribution < -0.4 is 15.6 Å². The maximum absolute atomic E-state index is 12.5. The van der Waals surface area contributed by atoms with Gasteiger partial charge in [0.15, 0.2) is 11.0 Å². The molecule has 176 valence electrons. The van der Waals surface area contributed by atoms with Crippen LogP contribution in [-0.4, -0.2) is 34.8 Å². The predicted molar refractivity (Wildman–Crippen MR) is 129 cm³/mol. The summed E-state index contributed by atoms with van der Waals surface area (Å²) < 4.78 is 33.5. The van der Waals surface area contributed by atoms with Crippen LogP contribution in [0.1, 0.15) is 12.2 Å². The maximum atomic E-state index is 12.5. The molecule has 12 heteroatoms. The highest BCUT2D eigenvalue weighted by molar-refractivity contribution is 7.99. The molecular weight excluding hydrogens is 478 g/mol. The first kappa shape index (κ1) is 23.5. The molecule has 34 heavy (non-hydrogen) atoms. The van der Waals surface area contributed by atoms with Crippen molar-refractivity contribution in [1.82, 2.24) is 14.7 Å². The third-order valence-electron chi connectivity index (χ3n) is 4.82. The first-order valence-electron chi connectivity index (χ1n) is 10.2. The van der Waals surface area contributed by atoms with Gasteiger partial charge in [-0.25, -0.2) is 13.4 Å². The summed E-state index contributed by atoms with van der Waals surface area (Å²) in [5.41, 5.74) is 0.934. The van der Waals surface area contributed by atoms with Gasteiger partial charge >= 0.3 is 0 Å². The number of para-hydroxylation sites is 1. The number of benzene rings is 2. The van der Waals surface area contributed by atoms with Crippen molar-refractivity contribution in [3.05, 3.63) is 70.7 Å². The lowest BCUT2D eigenvalue weighted by atomic mass is 10.2. The van der Waals surface area contributed by atoms with Gasteiger partial charge in [-0.1, -0.05) is 29.1 Å². The van der Waals surface area contributed by atoms with E-state index in [1.54, 1.807) is 32.2 Å². The number of amides is 1. The average Bonchev–Trinajstić information content (AvgIpc) is 3.21. The summed E-state index contributed by atoms with van der Waals surface area (Å²) in [5, 5.41) is 7.42. The Balaban J connectivity index is 1.33. The Kier molecular flexibility index (Phi) is 6.70. The Hall–Kier alpha value is -3.64. The number of nitrogens with one attached hydrogen (secondary N) is 2. The van der Waals surface area contributed by atoms with E-state index in [1.807, 2.05) is 6.07 Å². The zero-order valence-electron chi connectivity index (χ0n) is 18.3. The van der Waals surface area contributed by atoms with Crippen LogP contribution in [-0.2, 0) is 21.9 Å². The lowest BCUT2D eigenvalue weighted by Gasteiger charge is -2.09. The molecule has 2 aromatic carbocycles. The normalized spacial score (nSPS) is 11.5. The van der Waals surface area contributed by atoms with E-state index in [1.165, 1.54) is 46.7 Å². The summed E-state index contributed by atoms with van der Waals surface area (Å²) in [5.74, 6) is 0.737. The SMILES string of the molecule is Cc1cc(NS(=O)(=O)c2ccc(NC(=O)CCSc3nc4ccccc4c(=O)n3C)cc2)no1. The topological polar surface area (TPSA) is 136 Å². The number of thioether (sulfide) groups is 1. The fourth-order valence-electron chi connectivity index (χ4n) is 3.11. The van der Waals surface area contributed by atoms with Crippen molar-refractivity contribution in [2.75, 3.05) is 15.8 Å². The maximum Gasteiger partial charge on any atom is 0.263 e. The zero-order chi connectivity index (χ0) is 24.3. The van der Waals surface area contributed by atoms with Gasteiger partial charge in [0, 0.05) is 31.0 Å². The van der Waals surface area contributed by atoms with Gasteiger partial charge in [-0.3, -0.25) is 18.9 Å². The van der Waals surface area contributed by atoms with Gasteiger partial charge < -0.3 is 9.84 Å². The van der Waals surface area contributed by atoms with Crippen LogP contribution in [0.25, 0.3) is 10.9 Å². The molecule has 0 aliphatic rings. The molecule has 4 aromatic rings. The molecule has 0 bridgehead atoms. The first-order chi connectivity index (χ1) is 16.2. The highest BCUT2D eigenvalue weighted by atomic mass is 32.2. The largest absolute Gasteiger partial charge is 0.360 e. The Morgan fingerprint density at radius 3 is 2.59 bits per heavy atom. The minimum absolute atomic E-state index is 0.0185. The molecule has 1 amide bonds. The number of nitrogens with zero attached hydrogens (tertiary/aromatic N) is 3. The number of hydrogen-bond donors (Lipinski definition) is 2. The van der Waals surface area contributed by atoms with E-state index in [-0.39, 0.29) is 28.6 Å². The van der Waals surface area contributed by atoms with Crippen molar-refractivity contribution in [2.45, 2.75) is 23.4 Å². The summed E-state index contributed by atoms with van der Waals surface area (Å²) >= 11 is 1.31. The van der Waals surface area contributed by atoms with Gasteiger partial charge in [0.1, 0.15) is 5.76 Å². The quantitative estimate of drug-likeness (QED) is 0.279. The molecular formula is C22H21N5O5S2. The fraction of sp³-hybridized carbons (Fsp3) is 0.182. The molecule has 0 atom stereocenters. The second-order valence-electron chi connectivity index (χ2n) is 7.38. The highest BCUT2D eigenvalue weighted by Gasteiger charge is 2.16. The zero-order valence-corrected chi connectivity index (χ0v) is 19.9. The van der Waals surface area contributed by atoms with Crippen molar-refractivity contribution in [1.29, 1.82) is 0 Å². The lowest BCUT2D eigenvalue weighted by Crippen LogP contribution is -2.20. The van der Waals surface area contributed by atoms with Gasteiger partial charge in [-0.2, -0.15) is 0 Å². The van der Waals surface area contributed by atoms with Crippen LogP contribution in [0.5, 0.6) is 0 Å². The van der Waals surface area contributed by atoms with E-state index in [2.05, 4.69) is 20.2 Å². The van der Waals surface area contributed by atoms with Gasteiger partial charge in [-0.05, 0) is 43.3 Å². The number of anilines is 2. The number of rotatable bonds is 8. The first-order valence-corrected chi connectivity index (χ1v) is 12.6. The monoisotopic (exact) mass is 499 g/mol. The third-order valence-corrected chi connectivity index (χ3v) is 7.22. The van der Waals surface area contributed by atoms with Crippen molar-refractivity contribution in [3.8, 4) is 0 Å².